The molecule has 0 fully saturated rings. The first-order valence-electron chi connectivity index (χ1n) is 5.47. The number of nitrogens with zero attached hydrogens (tertiary/aromatic N) is 1. The SMILES string of the molecule is O=C(CNC(=O)O)Cc1cnc2ccccc2c1. The molecule has 92 valence electrons. The van der Waals surface area contributed by atoms with E-state index in [0.717, 1.165) is 16.5 Å². The van der Waals surface area contributed by atoms with Crippen LogP contribution >= 0.6 is 0 Å². The number of Topliss-reactive ketones (excluding diaryl/α,β-unsaturated/α-hetero) is 1. The Kier molecular flexibility index (Phi) is 3.52. The van der Waals surface area contributed by atoms with Gasteiger partial charge in [0.1, 0.15) is 0 Å². The fourth-order valence-electron chi connectivity index (χ4n) is 1.68. The van der Waals surface area contributed by atoms with E-state index in [1.54, 1.807) is 6.20 Å². The zero-order chi connectivity index (χ0) is 13.0. The molecule has 0 radical (unpaired) electrons. The second-order valence-electron chi connectivity index (χ2n) is 3.91. The van der Waals surface area contributed by atoms with Crippen LogP contribution in [0.3, 0.4) is 0 Å². The summed E-state index contributed by atoms with van der Waals surface area (Å²) in [6, 6.07) is 9.51. The number of aromatic nitrogens is 1. The van der Waals surface area contributed by atoms with Crippen LogP contribution < -0.4 is 5.32 Å². The number of nitrogens with one attached hydrogen (secondary N) is 1. The van der Waals surface area contributed by atoms with Gasteiger partial charge in [-0.05, 0) is 17.7 Å². The van der Waals surface area contributed by atoms with Gasteiger partial charge >= 0.3 is 6.09 Å². The predicted molar refractivity (Wildman–Crippen MR) is 66.5 cm³/mol. The molecule has 0 aliphatic carbocycles. The molecule has 1 aromatic carbocycles. The number of rotatable bonds is 4. The van der Waals surface area contributed by atoms with Gasteiger partial charge in [0, 0.05) is 18.0 Å². The van der Waals surface area contributed by atoms with Crippen LogP contribution in [0.2, 0.25) is 0 Å². The highest BCUT2D eigenvalue weighted by Gasteiger charge is 2.06. The van der Waals surface area contributed by atoms with Gasteiger partial charge in [-0.2, -0.15) is 0 Å². The molecule has 0 spiro atoms. The van der Waals surface area contributed by atoms with E-state index in [1.807, 2.05) is 35.6 Å². The van der Waals surface area contributed by atoms with E-state index >= 15 is 0 Å². The van der Waals surface area contributed by atoms with E-state index in [9.17, 15) is 9.59 Å². The fourth-order valence-corrected chi connectivity index (χ4v) is 1.68. The number of para-hydroxylation sites is 1. The molecule has 5 nitrogen and oxygen atoms in total. The predicted octanol–water partition coefficient (Wildman–Crippen LogP) is 1.61. The maximum Gasteiger partial charge on any atom is 0.405 e. The second kappa shape index (κ2) is 5.27. The van der Waals surface area contributed by atoms with Crippen molar-refractivity contribution in [3.05, 3.63) is 42.1 Å². The largest absolute Gasteiger partial charge is 0.465 e. The van der Waals surface area contributed by atoms with Crippen LogP contribution in [-0.4, -0.2) is 28.5 Å². The van der Waals surface area contributed by atoms with Crippen molar-refractivity contribution in [2.24, 2.45) is 0 Å². The monoisotopic (exact) mass is 244 g/mol. The Morgan fingerprint density at radius 2 is 2.06 bits per heavy atom. The molecule has 1 amide bonds. The molecule has 1 aromatic heterocycles. The number of amides is 1. The van der Waals surface area contributed by atoms with E-state index in [4.69, 9.17) is 5.11 Å². The minimum absolute atomic E-state index is 0.178. The van der Waals surface area contributed by atoms with Crippen LogP contribution in [0, 0.1) is 0 Å². The van der Waals surface area contributed by atoms with Crippen LogP contribution in [-0.2, 0) is 11.2 Å². The normalized spacial score (nSPS) is 10.2. The fraction of sp³-hybridized carbons (Fsp3) is 0.154. The zero-order valence-electron chi connectivity index (χ0n) is 9.59. The van der Waals surface area contributed by atoms with Crippen molar-refractivity contribution in [1.82, 2.24) is 10.3 Å². The van der Waals surface area contributed by atoms with Crippen LogP contribution in [0.15, 0.2) is 36.5 Å². The van der Waals surface area contributed by atoms with Gasteiger partial charge in [0.2, 0.25) is 0 Å². The summed E-state index contributed by atoms with van der Waals surface area (Å²) in [5.74, 6) is -0.186. The van der Waals surface area contributed by atoms with E-state index in [0.29, 0.717) is 0 Å². The molecule has 5 heteroatoms. The van der Waals surface area contributed by atoms with Crippen molar-refractivity contribution in [3.8, 4) is 0 Å². The Balaban J connectivity index is 2.07. The lowest BCUT2D eigenvalue weighted by Crippen LogP contribution is -2.28. The first-order chi connectivity index (χ1) is 8.65. The molecule has 2 N–H and O–H groups in total. The van der Waals surface area contributed by atoms with Crippen molar-refractivity contribution >= 4 is 22.8 Å². The van der Waals surface area contributed by atoms with Gasteiger partial charge in [-0.15, -0.1) is 0 Å². The molecule has 1 heterocycles. The summed E-state index contributed by atoms with van der Waals surface area (Å²) in [7, 11) is 0. The lowest BCUT2D eigenvalue weighted by Gasteiger charge is -2.03. The van der Waals surface area contributed by atoms with Crippen molar-refractivity contribution in [2.45, 2.75) is 6.42 Å². The Labute approximate surface area is 103 Å². The Morgan fingerprint density at radius 3 is 2.83 bits per heavy atom. The Hall–Kier alpha value is -2.43. The Morgan fingerprint density at radius 1 is 1.28 bits per heavy atom. The average Bonchev–Trinajstić information content (AvgIpc) is 2.36. The zero-order valence-corrected chi connectivity index (χ0v) is 9.59. The lowest BCUT2D eigenvalue weighted by molar-refractivity contribution is -0.117. The minimum atomic E-state index is -1.19. The maximum absolute atomic E-state index is 11.5. The van der Waals surface area contributed by atoms with Gasteiger partial charge < -0.3 is 10.4 Å². The number of carbonyl (C=O) groups is 2. The molecular weight excluding hydrogens is 232 g/mol. The number of hydrogen-bond donors (Lipinski definition) is 2. The molecular formula is C13H12N2O3. The van der Waals surface area contributed by atoms with Gasteiger partial charge in [0.05, 0.1) is 12.1 Å². The van der Waals surface area contributed by atoms with Gasteiger partial charge in [0.25, 0.3) is 0 Å². The second-order valence-corrected chi connectivity index (χ2v) is 3.91. The van der Waals surface area contributed by atoms with Crippen molar-refractivity contribution < 1.29 is 14.7 Å². The molecule has 0 saturated heterocycles. The topological polar surface area (TPSA) is 79.3 Å². The third-order valence-electron chi connectivity index (χ3n) is 2.49. The number of hydrogen-bond acceptors (Lipinski definition) is 3. The van der Waals surface area contributed by atoms with Crippen molar-refractivity contribution in [3.63, 3.8) is 0 Å². The standard InChI is InChI=1S/C13H12N2O3/c16-11(8-15-13(17)18)6-9-5-10-3-1-2-4-12(10)14-7-9/h1-5,7,15H,6,8H2,(H,17,18). The molecule has 0 bridgehead atoms. The maximum atomic E-state index is 11.5. The van der Waals surface area contributed by atoms with Crippen LogP contribution in [0.5, 0.6) is 0 Å². The molecule has 2 aromatic rings. The third kappa shape index (κ3) is 3.04. The van der Waals surface area contributed by atoms with Crippen LogP contribution in [0.4, 0.5) is 4.79 Å². The van der Waals surface area contributed by atoms with E-state index in [-0.39, 0.29) is 18.7 Å². The quantitative estimate of drug-likeness (QED) is 0.856. The first kappa shape index (κ1) is 12.0. The molecule has 0 aliphatic heterocycles. The van der Waals surface area contributed by atoms with Crippen molar-refractivity contribution in [2.75, 3.05) is 6.54 Å². The molecule has 2 rings (SSSR count). The van der Waals surface area contributed by atoms with Gasteiger partial charge in [-0.25, -0.2) is 4.79 Å². The minimum Gasteiger partial charge on any atom is -0.465 e. The molecule has 0 saturated carbocycles. The summed E-state index contributed by atoms with van der Waals surface area (Å²) in [6.07, 6.45) is 0.624. The molecule has 0 unspecified atom stereocenters. The number of ketones is 1. The summed E-state index contributed by atoms with van der Waals surface area (Å²) in [4.78, 5) is 26.0. The number of carboxylic acid groups (broad SMARTS) is 1. The van der Waals surface area contributed by atoms with Crippen LogP contribution in [0.1, 0.15) is 5.56 Å². The van der Waals surface area contributed by atoms with Crippen molar-refractivity contribution in [1.29, 1.82) is 0 Å². The molecule has 0 atom stereocenters. The summed E-state index contributed by atoms with van der Waals surface area (Å²) in [5.41, 5.74) is 1.66. The highest BCUT2D eigenvalue weighted by atomic mass is 16.4. The lowest BCUT2D eigenvalue weighted by atomic mass is 10.1. The van der Waals surface area contributed by atoms with Crippen LogP contribution in [0.25, 0.3) is 10.9 Å². The average molecular weight is 244 g/mol. The Bertz CT molecular complexity index is 596. The number of fused-ring (bicyclic) bond motifs is 1. The van der Waals surface area contributed by atoms with Gasteiger partial charge in [-0.1, -0.05) is 18.2 Å². The summed E-state index contributed by atoms with van der Waals surface area (Å²) < 4.78 is 0. The summed E-state index contributed by atoms with van der Waals surface area (Å²) in [6.45, 7) is -0.178. The third-order valence-corrected chi connectivity index (χ3v) is 2.49. The number of pyridine rings is 1. The van der Waals surface area contributed by atoms with E-state index in [2.05, 4.69) is 4.98 Å². The number of carbonyl (C=O) groups excluding carboxylic acids is 1. The molecule has 18 heavy (non-hydrogen) atoms. The smallest absolute Gasteiger partial charge is 0.405 e. The first-order valence-corrected chi connectivity index (χ1v) is 5.47. The molecule has 0 aliphatic rings. The van der Waals surface area contributed by atoms with Gasteiger partial charge in [-0.3, -0.25) is 9.78 Å². The van der Waals surface area contributed by atoms with E-state index in [1.165, 1.54) is 0 Å². The summed E-state index contributed by atoms with van der Waals surface area (Å²) in [5, 5.41) is 11.4. The number of benzene rings is 1. The van der Waals surface area contributed by atoms with Gasteiger partial charge in [0.15, 0.2) is 5.78 Å². The van der Waals surface area contributed by atoms with E-state index < -0.39 is 6.09 Å². The highest BCUT2D eigenvalue weighted by molar-refractivity contribution is 5.86. The highest BCUT2D eigenvalue weighted by Crippen LogP contribution is 2.12. The summed E-state index contributed by atoms with van der Waals surface area (Å²) >= 11 is 0.